The average molecular weight is 352 g/mol. The lowest BCUT2D eigenvalue weighted by Crippen LogP contribution is -2.22. The summed E-state index contributed by atoms with van der Waals surface area (Å²) in [6, 6.07) is 10.4. The van der Waals surface area contributed by atoms with Crippen molar-refractivity contribution in [3.8, 4) is 0 Å². The van der Waals surface area contributed by atoms with Gasteiger partial charge in [0.05, 0.1) is 15.6 Å². The van der Waals surface area contributed by atoms with Crippen molar-refractivity contribution in [2.75, 3.05) is 11.9 Å². The number of amides is 1. The average Bonchev–Trinajstić information content (AvgIpc) is 2.49. The first-order valence-corrected chi connectivity index (χ1v) is 7.63. The predicted octanol–water partition coefficient (Wildman–Crippen LogP) is 4.41. The molecule has 23 heavy (non-hydrogen) atoms. The van der Waals surface area contributed by atoms with Gasteiger partial charge in [-0.25, -0.2) is 4.79 Å². The minimum Gasteiger partial charge on any atom is -0.452 e. The number of aryl methyl sites for hydroxylation is 2. The van der Waals surface area contributed by atoms with Gasteiger partial charge in [0.2, 0.25) is 0 Å². The number of hydrogen-bond acceptors (Lipinski definition) is 3. The van der Waals surface area contributed by atoms with Gasteiger partial charge in [0.1, 0.15) is 0 Å². The summed E-state index contributed by atoms with van der Waals surface area (Å²) in [5.74, 6) is -1.17. The molecule has 0 fully saturated rings. The summed E-state index contributed by atoms with van der Waals surface area (Å²) in [4.78, 5) is 24.0. The third-order valence-electron chi connectivity index (χ3n) is 3.25. The maximum atomic E-state index is 12.0. The smallest absolute Gasteiger partial charge is 0.341 e. The van der Waals surface area contributed by atoms with Crippen molar-refractivity contribution in [1.29, 1.82) is 0 Å². The van der Waals surface area contributed by atoms with E-state index in [1.807, 2.05) is 32.0 Å². The van der Waals surface area contributed by atoms with Crippen molar-refractivity contribution in [2.24, 2.45) is 0 Å². The van der Waals surface area contributed by atoms with E-state index in [-0.39, 0.29) is 15.6 Å². The molecule has 2 aromatic rings. The van der Waals surface area contributed by atoms with E-state index in [9.17, 15) is 9.59 Å². The van der Waals surface area contributed by atoms with Crippen molar-refractivity contribution in [1.82, 2.24) is 0 Å². The molecule has 0 atom stereocenters. The number of hydrogen-bond donors (Lipinski definition) is 1. The monoisotopic (exact) mass is 351 g/mol. The van der Waals surface area contributed by atoms with Gasteiger partial charge < -0.3 is 10.1 Å². The van der Waals surface area contributed by atoms with Crippen LogP contribution in [0.15, 0.2) is 36.4 Å². The van der Waals surface area contributed by atoms with Gasteiger partial charge in [-0.05, 0) is 37.1 Å². The molecular formula is C17H15Cl2NO3. The molecule has 0 saturated heterocycles. The van der Waals surface area contributed by atoms with Crippen molar-refractivity contribution in [3.63, 3.8) is 0 Å². The normalized spacial score (nSPS) is 10.3. The van der Waals surface area contributed by atoms with Gasteiger partial charge in [0.15, 0.2) is 6.61 Å². The summed E-state index contributed by atoms with van der Waals surface area (Å²) in [6.45, 7) is 3.35. The number of benzene rings is 2. The summed E-state index contributed by atoms with van der Waals surface area (Å²) >= 11 is 11.9. The van der Waals surface area contributed by atoms with Crippen molar-refractivity contribution in [2.45, 2.75) is 13.8 Å². The van der Waals surface area contributed by atoms with Crippen LogP contribution in [0.1, 0.15) is 21.5 Å². The molecule has 6 heteroatoms. The second kappa shape index (κ2) is 7.49. The molecular weight excluding hydrogens is 337 g/mol. The van der Waals surface area contributed by atoms with E-state index < -0.39 is 18.5 Å². The highest BCUT2D eigenvalue weighted by atomic mass is 35.5. The molecule has 0 aliphatic rings. The summed E-state index contributed by atoms with van der Waals surface area (Å²) in [5.41, 5.74) is 2.62. The van der Waals surface area contributed by atoms with Crippen LogP contribution in [0.5, 0.6) is 0 Å². The minimum absolute atomic E-state index is 0.0516. The van der Waals surface area contributed by atoms with Crippen LogP contribution in [0.2, 0.25) is 10.0 Å². The van der Waals surface area contributed by atoms with Crippen LogP contribution in [-0.4, -0.2) is 18.5 Å². The third-order valence-corrected chi connectivity index (χ3v) is 3.88. The number of ether oxygens (including phenoxy) is 1. The Balaban J connectivity index is 2.01. The molecule has 4 nitrogen and oxygen atoms in total. The van der Waals surface area contributed by atoms with E-state index in [0.717, 1.165) is 11.1 Å². The van der Waals surface area contributed by atoms with Crippen LogP contribution in [-0.2, 0) is 9.53 Å². The third kappa shape index (κ3) is 4.24. The van der Waals surface area contributed by atoms with Crippen LogP contribution in [0.3, 0.4) is 0 Å². The molecule has 2 aromatic carbocycles. The number of carbonyl (C=O) groups excluding carboxylic acids is 2. The molecule has 0 spiro atoms. The molecule has 120 valence electrons. The zero-order valence-corrected chi connectivity index (χ0v) is 14.2. The Morgan fingerprint density at radius 2 is 1.52 bits per heavy atom. The first-order chi connectivity index (χ1) is 10.9. The zero-order valence-electron chi connectivity index (χ0n) is 12.7. The largest absolute Gasteiger partial charge is 0.452 e. The summed E-state index contributed by atoms with van der Waals surface area (Å²) in [7, 11) is 0. The number of nitrogens with one attached hydrogen (secondary N) is 1. The number of esters is 1. The van der Waals surface area contributed by atoms with Gasteiger partial charge in [-0.15, -0.1) is 0 Å². The van der Waals surface area contributed by atoms with Crippen molar-refractivity contribution < 1.29 is 14.3 Å². The van der Waals surface area contributed by atoms with Crippen LogP contribution in [0, 0.1) is 13.8 Å². The molecule has 0 aromatic heterocycles. The Morgan fingerprint density at radius 1 is 1.00 bits per heavy atom. The van der Waals surface area contributed by atoms with Gasteiger partial charge in [0.25, 0.3) is 5.91 Å². The molecule has 2 rings (SSSR count). The van der Waals surface area contributed by atoms with Gasteiger partial charge in [-0.3, -0.25) is 4.79 Å². The van der Waals surface area contributed by atoms with Crippen molar-refractivity contribution in [3.05, 3.63) is 63.1 Å². The Hall–Kier alpha value is -2.04. The highest BCUT2D eigenvalue weighted by Crippen LogP contribution is 2.25. The lowest BCUT2D eigenvalue weighted by molar-refractivity contribution is -0.119. The molecule has 1 N–H and O–H groups in total. The van der Waals surface area contributed by atoms with Crippen molar-refractivity contribution >= 4 is 40.8 Å². The quantitative estimate of drug-likeness (QED) is 0.830. The maximum absolute atomic E-state index is 12.0. The fraction of sp³-hybridized carbons (Fsp3) is 0.176. The topological polar surface area (TPSA) is 55.4 Å². The summed E-state index contributed by atoms with van der Waals surface area (Å²) in [5, 5.41) is 3.09. The fourth-order valence-electron chi connectivity index (χ4n) is 2.08. The van der Waals surface area contributed by atoms with Gasteiger partial charge in [-0.1, -0.05) is 47.5 Å². The SMILES string of the molecule is Cc1cccc(C)c1NC(=O)COC(=O)c1c(Cl)cccc1Cl. The highest BCUT2D eigenvalue weighted by Gasteiger charge is 2.17. The molecule has 0 aliphatic carbocycles. The summed E-state index contributed by atoms with van der Waals surface area (Å²) < 4.78 is 4.98. The lowest BCUT2D eigenvalue weighted by atomic mass is 10.1. The molecule has 0 unspecified atom stereocenters. The van der Waals surface area contributed by atoms with E-state index in [4.69, 9.17) is 27.9 Å². The zero-order chi connectivity index (χ0) is 17.0. The minimum atomic E-state index is -0.739. The van der Waals surface area contributed by atoms with E-state index in [1.54, 1.807) is 6.07 Å². The van der Waals surface area contributed by atoms with Crippen LogP contribution in [0.4, 0.5) is 5.69 Å². The Kier molecular flexibility index (Phi) is 5.64. The van der Waals surface area contributed by atoms with Crippen LogP contribution >= 0.6 is 23.2 Å². The fourth-order valence-corrected chi connectivity index (χ4v) is 2.63. The van der Waals surface area contributed by atoms with Gasteiger partial charge in [-0.2, -0.15) is 0 Å². The molecule has 0 heterocycles. The summed E-state index contributed by atoms with van der Waals surface area (Å²) in [6.07, 6.45) is 0. The van der Waals surface area contributed by atoms with E-state index in [1.165, 1.54) is 12.1 Å². The first-order valence-electron chi connectivity index (χ1n) is 6.87. The Labute approximate surface area is 144 Å². The van der Waals surface area contributed by atoms with Crippen LogP contribution < -0.4 is 5.32 Å². The lowest BCUT2D eigenvalue weighted by Gasteiger charge is -2.12. The Morgan fingerprint density at radius 3 is 2.09 bits per heavy atom. The molecule has 0 aliphatic heterocycles. The van der Waals surface area contributed by atoms with Gasteiger partial charge in [0, 0.05) is 5.69 Å². The number of para-hydroxylation sites is 1. The number of anilines is 1. The molecule has 0 saturated carbocycles. The van der Waals surface area contributed by atoms with E-state index >= 15 is 0 Å². The second-order valence-electron chi connectivity index (χ2n) is 4.99. The van der Waals surface area contributed by atoms with Crippen LogP contribution in [0.25, 0.3) is 0 Å². The maximum Gasteiger partial charge on any atom is 0.341 e. The first kappa shape index (κ1) is 17.3. The molecule has 1 amide bonds. The number of carbonyl (C=O) groups is 2. The van der Waals surface area contributed by atoms with E-state index in [2.05, 4.69) is 5.32 Å². The predicted molar refractivity (Wildman–Crippen MR) is 91.3 cm³/mol. The van der Waals surface area contributed by atoms with E-state index in [0.29, 0.717) is 5.69 Å². The standard InChI is InChI=1S/C17H15Cl2NO3/c1-10-5-3-6-11(2)16(10)20-14(21)9-23-17(22)15-12(18)7-4-8-13(15)19/h3-8H,9H2,1-2H3,(H,20,21). The highest BCUT2D eigenvalue weighted by molar-refractivity contribution is 6.39. The van der Waals surface area contributed by atoms with Gasteiger partial charge >= 0.3 is 5.97 Å². The Bertz CT molecular complexity index is 719. The molecule has 0 bridgehead atoms. The number of rotatable bonds is 4. The second-order valence-corrected chi connectivity index (χ2v) is 5.80. The molecule has 0 radical (unpaired) electrons. The number of halogens is 2.